The SMILES string of the molecule is CCOC(=O)CC/C(C)=C/Cc1c(C)c2c(c(C)c1OC)COC2=O. The van der Waals surface area contributed by atoms with Crippen LogP contribution in [0.25, 0.3) is 0 Å². The Bertz CT molecular complexity index is 716. The van der Waals surface area contributed by atoms with E-state index in [-0.39, 0.29) is 11.9 Å². The minimum atomic E-state index is -0.262. The summed E-state index contributed by atoms with van der Waals surface area (Å²) >= 11 is 0. The zero-order chi connectivity index (χ0) is 18.6. The third-order valence-corrected chi connectivity index (χ3v) is 4.64. The molecule has 0 bridgehead atoms. The molecule has 0 saturated carbocycles. The Morgan fingerprint density at radius 3 is 2.60 bits per heavy atom. The van der Waals surface area contributed by atoms with Crippen LogP contribution in [0.2, 0.25) is 0 Å². The Kier molecular flexibility index (Phi) is 6.23. The lowest BCUT2D eigenvalue weighted by Gasteiger charge is -2.17. The van der Waals surface area contributed by atoms with Gasteiger partial charge in [-0.3, -0.25) is 4.79 Å². The molecule has 0 saturated heterocycles. The van der Waals surface area contributed by atoms with Crippen LogP contribution in [0.5, 0.6) is 5.75 Å². The molecule has 25 heavy (non-hydrogen) atoms. The Morgan fingerprint density at radius 1 is 1.24 bits per heavy atom. The monoisotopic (exact) mass is 346 g/mol. The van der Waals surface area contributed by atoms with E-state index >= 15 is 0 Å². The van der Waals surface area contributed by atoms with Crippen molar-refractivity contribution in [3.8, 4) is 5.75 Å². The predicted octanol–water partition coefficient (Wildman–Crippen LogP) is 3.81. The lowest BCUT2D eigenvalue weighted by Crippen LogP contribution is -2.06. The first-order valence-corrected chi connectivity index (χ1v) is 8.57. The molecule has 0 aliphatic carbocycles. The molecular weight excluding hydrogens is 320 g/mol. The van der Waals surface area contributed by atoms with Gasteiger partial charge in [-0.05, 0) is 51.7 Å². The van der Waals surface area contributed by atoms with Gasteiger partial charge in [-0.15, -0.1) is 0 Å². The van der Waals surface area contributed by atoms with Gasteiger partial charge < -0.3 is 14.2 Å². The molecule has 1 aliphatic rings. The molecule has 0 N–H and O–H groups in total. The van der Waals surface area contributed by atoms with Crippen LogP contribution in [-0.4, -0.2) is 25.7 Å². The van der Waals surface area contributed by atoms with Crippen LogP contribution in [0.1, 0.15) is 59.3 Å². The van der Waals surface area contributed by atoms with Gasteiger partial charge in [0.2, 0.25) is 0 Å². The second-order valence-electron chi connectivity index (χ2n) is 6.25. The predicted molar refractivity (Wildman–Crippen MR) is 94.9 cm³/mol. The maximum atomic E-state index is 12.0. The van der Waals surface area contributed by atoms with Crippen molar-refractivity contribution >= 4 is 11.9 Å². The molecule has 5 heteroatoms. The lowest BCUT2D eigenvalue weighted by molar-refractivity contribution is -0.143. The average Bonchev–Trinajstić information content (AvgIpc) is 2.97. The molecule has 1 heterocycles. The Labute approximate surface area is 149 Å². The first-order chi connectivity index (χ1) is 11.9. The van der Waals surface area contributed by atoms with Crippen LogP contribution >= 0.6 is 0 Å². The van der Waals surface area contributed by atoms with Gasteiger partial charge in [0.05, 0.1) is 19.3 Å². The summed E-state index contributed by atoms with van der Waals surface area (Å²) in [6.07, 6.45) is 3.76. The van der Waals surface area contributed by atoms with E-state index in [0.29, 0.717) is 38.0 Å². The largest absolute Gasteiger partial charge is 0.496 e. The molecule has 0 aromatic heterocycles. The van der Waals surface area contributed by atoms with Gasteiger partial charge in [0.25, 0.3) is 0 Å². The van der Waals surface area contributed by atoms with Crippen LogP contribution in [0, 0.1) is 13.8 Å². The van der Waals surface area contributed by atoms with E-state index in [2.05, 4.69) is 6.08 Å². The molecule has 0 amide bonds. The Hall–Kier alpha value is -2.30. The first-order valence-electron chi connectivity index (χ1n) is 8.57. The average molecular weight is 346 g/mol. The van der Waals surface area contributed by atoms with Crippen molar-refractivity contribution in [1.29, 1.82) is 0 Å². The van der Waals surface area contributed by atoms with Crippen molar-refractivity contribution in [3.63, 3.8) is 0 Å². The number of fused-ring (bicyclic) bond motifs is 1. The minimum absolute atomic E-state index is 0.180. The van der Waals surface area contributed by atoms with Crippen LogP contribution in [0.15, 0.2) is 11.6 Å². The van der Waals surface area contributed by atoms with E-state index in [1.54, 1.807) is 14.0 Å². The second kappa shape index (κ2) is 8.19. The highest BCUT2D eigenvalue weighted by atomic mass is 16.5. The molecule has 1 aliphatic heterocycles. The first kappa shape index (κ1) is 19.0. The number of methoxy groups -OCH3 is 1. The van der Waals surface area contributed by atoms with E-state index in [1.165, 1.54) is 0 Å². The quantitative estimate of drug-likeness (QED) is 0.555. The van der Waals surface area contributed by atoms with Crippen LogP contribution in [0.3, 0.4) is 0 Å². The highest BCUT2D eigenvalue weighted by molar-refractivity contribution is 5.96. The van der Waals surface area contributed by atoms with E-state index in [9.17, 15) is 9.59 Å². The van der Waals surface area contributed by atoms with Crippen molar-refractivity contribution in [1.82, 2.24) is 0 Å². The number of cyclic esters (lactones) is 1. The zero-order valence-corrected chi connectivity index (χ0v) is 15.7. The van der Waals surface area contributed by atoms with Crippen molar-refractivity contribution < 1.29 is 23.8 Å². The minimum Gasteiger partial charge on any atom is -0.496 e. The summed E-state index contributed by atoms with van der Waals surface area (Å²) in [7, 11) is 1.65. The molecule has 0 fully saturated rings. The standard InChI is InChI=1S/C20H26O5/c1-6-24-17(21)10-8-12(2)7-9-15-13(3)18-16(11-25-20(18)22)14(4)19(15)23-5/h7H,6,8-11H2,1-5H3/b12-7+. The third kappa shape index (κ3) is 4.03. The molecular formula is C20H26O5. The number of hydrogen-bond donors (Lipinski definition) is 0. The summed E-state index contributed by atoms with van der Waals surface area (Å²) in [5.41, 5.74) is 5.57. The van der Waals surface area contributed by atoms with Crippen molar-refractivity contribution in [2.75, 3.05) is 13.7 Å². The van der Waals surface area contributed by atoms with E-state index < -0.39 is 0 Å². The second-order valence-corrected chi connectivity index (χ2v) is 6.25. The maximum absolute atomic E-state index is 12.0. The van der Waals surface area contributed by atoms with Gasteiger partial charge in [0, 0.05) is 17.5 Å². The molecule has 0 radical (unpaired) electrons. The van der Waals surface area contributed by atoms with Gasteiger partial charge in [-0.1, -0.05) is 11.6 Å². The fourth-order valence-electron chi connectivity index (χ4n) is 3.20. The van der Waals surface area contributed by atoms with Gasteiger partial charge in [-0.2, -0.15) is 0 Å². The Balaban J connectivity index is 2.23. The lowest BCUT2D eigenvalue weighted by atomic mass is 9.91. The number of rotatable bonds is 7. The van der Waals surface area contributed by atoms with E-state index in [0.717, 1.165) is 33.6 Å². The summed E-state index contributed by atoms with van der Waals surface area (Å²) in [6, 6.07) is 0. The zero-order valence-electron chi connectivity index (χ0n) is 15.7. The molecule has 1 aromatic carbocycles. The number of carbonyl (C=O) groups excluding carboxylic acids is 2. The molecule has 136 valence electrons. The van der Waals surface area contributed by atoms with Crippen molar-refractivity contribution in [2.24, 2.45) is 0 Å². The van der Waals surface area contributed by atoms with Gasteiger partial charge in [0.15, 0.2) is 0 Å². The summed E-state index contributed by atoms with van der Waals surface area (Å²) < 4.78 is 15.8. The highest BCUT2D eigenvalue weighted by Crippen LogP contribution is 2.37. The number of ether oxygens (including phenoxy) is 3. The number of esters is 2. The van der Waals surface area contributed by atoms with Gasteiger partial charge in [0.1, 0.15) is 12.4 Å². The molecule has 0 unspecified atom stereocenters. The van der Waals surface area contributed by atoms with E-state index in [4.69, 9.17) is 14.2 Å². The fourth-order valence-corrected chi connectivity index (χ4v) is 3.20. The van der Waals surface area contributed by atoms with Crippen molar-refractivity contribution in [2.45, 2.75) is 53.6 Å². The van der Waals surface area contributed by atoms with E-state index in [1.807, 2.05) is 20.8 Å². The number of hydrogen-bond acceptors (Lipinski definition) is 5. The number of benzene rings is 1. The molecule has 1 aromatic rings. The molecule has 5 nitrogen and oxygen atoms in total. The number of carbonyl (C=O) groups is 2. The van der Waals surface area contributed by atoms with Crippen LogP contribution in [-0.2, 0) is 27.3 Å². The summed E-state index contributed by atoms with van der Waals surface area (Å²) in [4.78, 5) is 23.5. The summed E-state index contributed by atoms with van der Waals surface area (Å²) in [6.45, 7) is 8.41. The summed E-state index contributed by atoms with van der Waals surface area (Å²) in [5.74, 6) is 0.367. The maximum Gasteiger partial charge on any atom is 0.339 e. The molecule has 0 spiro atoms. The Morgan fingerprint density at radius 2 is 1.96 bits per heavy atom. The highest BCUT2D eigenvalue weighted by Gasteiger charge is 2.29. The van der Waals surface area contributed by atoms with Crippen LogP contribution < -0.4 is 4.74 Å². The molecule has 2 rings (SSSR count). The fraction of sp³-hybridized carbons (Fsp3) is 0.500. The normalized spacial score (nSPS) is 13.5. The topological polar surface area (TPSA) is 61.8 Å². The summed E-state index contributed by atoms with van der Waals surface area (Å²) in [5, 5.41) is 0. The molecule has 0 atom stereocenters. The van der Waals surface area contributed by atoms with Crippen LogP contribution in [0.4, 0.5) is 0 Å². The third-order valence-electron chi connectivity index (χ3n) is 4.64. The van der Waals surface area contributed by atoms with Gasteiger partial charge >= 0.3 is 11.9 Å². The van der Waals surface area contributed by atoms with Crippen molar-refractivity contribution in [3.05, 3.63) is 39.5 Å². The number of allylic oxidation sites excluding steroid dienone is 2. The smallest absolute Gasteiger partial charge is 0.339 e. The van der Waals surface area contributed by atoms with Gasteiger partial charge in [-0.25, -0.2) is 4.79 Å².